The Balaban J connectivity index is 2.70. The molecule has 0 amide bonds. The van der Waals surface area contributed by atoms with Gasteiger partial charge in [-0.3, -0.25) is 0 Å². The molecule has 0 saturated heterocycles. The Hall–Kier alpha value is -1.37. The Morgan fingerprint density at radius 1 is 1.00 bits per heavy atom. The molecule has 0 bridgehead atoms. The topological polar surface area (TPSA) is 31.4 Å². The van der Waals surface area contributed by atoms with Gasteiger partial charge in [0.1, 0.15) is 6.61 Å². The normalized spacial score (nSPS) is 11.0. The van der Waals surface area contributed by atoms with Crippen LogP contribution in [0.25, 0.3) is 0 Å². The van der Waals surface area contributed by atoms with Crippen LogP contribution in [0.4, 0.5) is 17.6 Å². The van der Waals surface area contributed by atoms with E-state index in [1.807, 2.05) is 0 Å². The molecule has 1 rings (SSSR count). The van der Waals surface area contributed by atoms with E-state index >= 15 is 0 Å². The minimum atomic E-state index is -1.75. The summed E-state index contributed by atoms with van der Waals surface area (Å²) in [5, 5.41) is 0. The Kier molecular flexibility index (Phi) is 4.68. The lowest BCUT2D eigenvalue weighted by molar-refractivity contribution is 0.0529. The van der Waals surface area contributed by atoms with Gasteiger partial charge in [0.25, 0.3) is 11.9 Å². The van der Waals surface area contributed by atoms with E-state index in [1.165, 1.54) is 0 Å². The van der Waals surface area contributed by atoms with Crippen molar-refractivity contribution in [3.8, 4) is 5.75 Å². The average molecular weight is 253 g/mol. The van der Waals surface area contributed by atoms with Crippen molar-refractivity contribution in [2.75, 3.05) is 13.2 Å². The van der Waals surface area contributed by atoms with Crippen LogP contribution in [-0.2, 0) is 4.74 Å². The first-order valence-electron chi connectivity index (χ1n) is 4.88. The van der Waals surface area contributed by atoms with Gasteiger partial charge in [-0.2, -0.15) is 22.5 Å². The molecule has 7 heteroatoms. The average Bonchev–Trinajstić information content (AvgIpc) is 2.25. The molecule has 1 heterocycles. The largest absolute Gasteiger partial charge is 0.485 e. The lowest BCUT2D eigenvalue weighted by Gasteiger charge is -2.10. The van der Waals surface area contributed by atoms with Crippen LogP contribution in [0.3, 0.4) is 0 Å². The number of hydrogen-bond acceptors (Lipinski definition) is 3. The summed E-state index contributed by atoms with van der Waals surface area (Å²) in [5.41, 5.74) is 0. The van der Waals surface area contributed by atoms with E-state index in [0.717, 1.165) is 0 Å². The summed E-state index contributed by atoms with van der Waals surface area (Å²) in [6.45, 7) is 3.33. The lowest BCUT2D eigenvalue weighted by Crippen LogP contribution is -2.14. The van der Waals surface area contributed by atoms with Crippen molar-refractivity contribution in [1.82, 2.24) is 4.98 Å². The lowest BCUT2D eigenvalue weighted by atomic mass is 10.4. The number of rotatable bonds is 5. The predicted octanol–water partition coefficient (Wildman–Crippen LogP) is 2.44. The number of halogens is 4. The molecule has 0 radical (unpaired) electrons. The molecule has 3 nitrogen and oxygen atoms in total. The molecular weight excluding hydrogens is 242 g/mol. The Bertz CT molecular complexity index is 372. The minimum Gasteiger partial charge on any atom is -0.485 e. The molecule has 0 fully saturated rings. The van der Waals surface area contributed by atoms with Crippen LogP contribution >= 0.6 is 0 Å². The van der Waals surface area contributed by atoms with Crippen molar-refractivity contribution in [3.05, 3.63) is 23.5 Å². The van der Waals surface area contributed by atoms with Gasteiger partial charge in [0.05, 0.1) is 12.7 Å². The van der Waals surface area contributed by atoms with Crippen molar-refractivity contribution < 1.29 is 27.0 Å². The molecule has 0 aromatic carbocycles. The Morgan fingerprint density at radius 2 is 1.53 bits per heavy atom. The maximum Gasteiger partial charge on any atom is 0.255 e. The zero-order valence-corrected chi connectivity index (χ0v) is 9.27. The van der Waals surface area contributed by atoms with E-state index in [4.69, 9.17) is 4.74 Å². The van der Waals surface area contributed by atoms with Crippen molar-refractivity contribution in [3.63, 3.8) is 0 Å². The number of aromatic nitrogens is 1. The molecule has 0 N–H and O–H groups in total. The van der Waals surface area contributed by atoms with Gasteiger partial charge in [0, 0.05) is 0 Å². The van der Waals surface area contributed by atoms with Crippen LogP contribution < -0.4 is 4.74 Å². The quantitative estimate of drug-likeness (QED) is 0.459. The zero-order chi connectivity index (χ0) is 13.0. The minimum absolute atomic E-state index is 0.0438. The monoisotopic (exact) mass is 253 g/mol. The molecule has 0 atom stereocenters. The molecule has 0 aliphatic rings. The molecule has 0 unspecified atom stereocenters. The fourth-order valence-electron chi connectivity index (χ4n) is 1.02. The van der Waals surface area contributed by atoms with Gasteiger partial charge in [0.15, 0.2) is 0 Å². The SMILES string of the molecule is CC(C)OCCOc1c(F)c(F)nc(F)c1F. The number of nitrogens with zero attached hydrogens (tertiary/aromatic N) is 1. The van der Waals surface area contributed by atoms with Crippen LogP contribution in [0.15, 0.2) is 0 Å². The van der Waals surface area contributed by atoms with E-state index < -0.39 is 29.3 Å². The highest BCUT2D eigenvalue weighted by Crippen LogP contribution is 2.24. The summed E-state index contributed by atoms with van der Waals surface area (Å²) in [6, 6.07) is 0. The number of ether oxygens (including phenoxy) is 2. The second-order valence-electron chi connectivity index (χ2n) is 3.42. The van der Waals surface area contributed by atoms with Gasteiger partial charge in [-0.05, 0) is 13.8 Å². The van der Waals surface area contributed by atoms with Gasteiger partial charge in [-0.25, -0.2) is 0 Å². The molecule has 1 aromatic rings. The summed E-state index contributed by atoms with van der Waals surface area (Å²) >= 11 is 0. The van der Waals surface area contributed by atoms with Gasteiger partial charge in [-0.15, -0.1) is 0 Å². The second kappa shape index (κ2) is 5.81. The molecule has 17 heavy (non-hydrogen) atoms. The van der Waals surface area contributed by atoms with Crippen LogP contribution in [0.1, 0.15) is 13.8 Å². The fourth-order valence-corrected chi connectivity index (χ4v) is 1.02. The maximum absolute atomic E-state index is 13.0. The van der Waals surface area contributed by atoms with Crippen LogP contribution in [0.5, 0.6) is 5.75 Å². The first-order chi connectivity index (χ1) is 7.93. The van der Waals surface area contributed by atoms with Crippen LogP contribution in [-0.4, -0.2) is 24.3 Å². The van der Waals surface area contributed by atoms with Crippen molar-refractivity contribution in [1.29, 1.82) is 0 Å². The predicted molar refractivity (Wildman–Crippen MR) is 50.7 cm³/mol. The highest BCUT2D eigenvalue weighted by molar-refractivity contribution is 5.24. The third kappa shape index (κ3) is 3.55. The first kappa shape index (κ1) is 13.7. The van der Waals surface area contributed by atoms with Gasteiger partial charge in [-0.1, -0.05) is 0 Å². The van der Waals surface area contributed by atoms with Gasteiger partial charge >= 0.3 is 0 Å². The molecule has 0 aliphatic carbocycles. The van der Waals surface area contributed by atoms with E-state index in [-0.39, 0.29) is 19.3 Å². The fraction of sp³-hybridized carbons (Fsp3) is 0.500. The van der Waals surface area contributed by atoms with E-state index in [9.17, 15) is 17.6 Å². The summed E-state index contributed by atoms with van der Waals surface area (Å²) in [7, 11) is 0. The smallest absolute Gasteiger partial charge is 0.255 e. The van der Waals surface area contributed by atoms with Crippen LogP contribution in [0.2, 0.25) is 0 Å². The van der Waals surface area contributed by atoms with Crippen molar-refractivity contribution in [2.24, 2.45) is 0 Å². The van der Waals surface area contributed by atoms with Crippen LogP contribution in [0, 0.1) is 23.5 Å². The number of hydrogen-bond donors (Lipinski definition) is 0. The van der Waals surface area contributed by atoms with Gasteiger partial charge in [0.2, 0.25) is 17.4 Å². The third-order valence-electron chi connectivity index (χ3n) is 1.74. The number of pyridine rings is 1. The summed E-state index contributed by atoms with van der Waals surface area (Å²) in [4.78, 5) is 2.40. The van der Waals surface area contributed by atoms with Gasteiger partial charge < -0.3 is 9.47 Å². The van der Waals surface area contributed by atoms with E-state index in [0.29, 0.717) is 0 Å². The standard InChI is InChI=1S/C10H11F4NO2/c1-5(2)16-3-4-17-8-6(11)9(13)15-10(14)7(8)12/h5H,3-4H2,1-2H3. The Labute approximate surface area is 95.4 Å². The van der Waals surface area contributed by atoms with Crippen molar-refractivity contribution >= 4 is 0 Å². The molecule has 0 saturated carbocycles. The molecular formula is C10H11F4NO2. The Morgan fingerprint density at radius 3 is 2.00 bits per heavy atom. The summed E-state index contributed by atoms with van der Waals surface area (Å²) < 4.78 is 61.0. The zero-order valence-electron chi connectivity index (χ0n) is 9.27. The summed E-state index contributed by atoms with van der Waals surface area (Å²) in [5.74, 6) is -7.93. The highest BCUT2D eigenvalue weighted by atomic mass is 19.2. The molecule has 0 spiro atoms. The highest BCUT2D eigenvalue weighted by Gasteiger charge is 2.21. The molecule has 0 aliphatic heterocycles. The van der Waals surface area contributed by atoms with Crippen molar-refractivity contribution in [2.45, 2.75) is 20.0 Å². The maximum atomic E-state index is 13.0. The van der Waals surface area contributed by atoms with E-state index in [1.54, 1.807) is 13.8 Å². The third-order valence-corrected chi connectivity index (χ3v) is 1.74. The molecule has 1 aromatic heterocycles. The molecule has 96 valence electrons. The second-order valence-corrected chi connectivity index (χ2v) is 3.42. The summed E-state index contributed by atoms with van der Waals surface area (Å²) in [6.07, 6.45) is -0.0841. The van der Waals surface area contributed by atoms with E-state index in [2.05, 4.69) is 9.72 Å². The first-order valence-corrected chi connectivity index (χ1v) is 4.88.